The number of amides is 1. The molecule has 4 rings (SSSR count). The molecule has 22 heavy (non-hydrogen) atoms. The van der Waals surface area contributed by atoms with Gasteiger partial charge in [-0.05, 0) is 36.6 Å². The van der Waals surface area contributed by atoms with Crippen molar-refractivity contribution in [1.29, 1.82) is 0 Å². The number of nitrogens with one attached hydrogen (secondary N) is 1. The predicted molar refractivity (Wildman–Crippen MR) is 84.7 cm³/mol. The Morgan fingerprint density at radius 2 is 1.95 bits per heavy atom. The fourth-order valence-corrected chi connectivity index (χ4v) is 2.90. The van der Waals surface area contributed by atoms with Crippen molar-refractivity contribution in [2.24, 2.45) is 0 Å². The Morgan fingerprint density at radius 1 is 1.18 bits per heavy atom. The minimum Gasteiger partial charge on any atom is -0.441 e. The molecule has 3 aromatic rings. The van der Waals surface area contributed by atoms with Crippen LogP contribution < -0.4 is 5.32 Å². The summed E-state index contributed by atoms with van der Waals surface area (Å²) < 4.78 is 5.45. The summed E-state index contributed by atoms with van der Waals surface area (Å²) in [5, 5.41) is 3.02. The van der Waals surface area contributed by atoms with Gasteiger partial charge in [-0.2, -0.15) is 0 Å². The van der Waals surface area contributed by atoms with E-state index in [-0.39, 0.29) is 11.3 Å². The highest BCUT2D eigenvalue weighted by Gasteiger charge is 2.51. The van der Waals surface area contributed by atoms with E-state index in [0.29, 0.717) is 5.89 Å². The number of oxazole rings is 1. The number of anilines is 1. The SMILES string of the molecule is Cc1nc2cc(NC(=O)C3(c4ccccc4)CC3)ccc2o1. The number of fused-ring (bicyclic) bond motifs is 1. The zero-order chi connectivity index (χ0) is 15.2. The Labute approximate surface area is 128 Å². The van der Waals surface area contributed by atoms with Crippen LogP contribution in [-0.4, -0.2) is 10.9 Å². The van der Waals surface area contributed by atoms with Crippen molar-refractivity contribution < 1.29 is 9.21 Å². The zero-order valence-corrected chi connectivity index (χ0v) is 12.3. The molecule has 1 aliphatic carbocycles. The summed E-state index contributed by atoms with van der Waals surface area (Å²) in [5.41, 5.74) is 2.98. The van der Waals surface area contributed by atoms with Crippen molar-refractivity contribution in [3.63, 3.8) is 0 Å². The molecule has 1 fully saturated rings. The van der Waals surface area contributed by atoms with Crippen LogP contribution in [0, 0.1) is 6.92 Å². The third kappa shape index (κ3) is 2.08. The van der Waals surface area contributed by atoms with E-state index in [0.717, 1.165) is 35.2 Å². The zero-order valence-electron chi connectivity index (χ0n) is 12.3. The van der Waals surface area contributed by atoms with E-state index < -0.39 is 0 Å². The molecule has 1 saturated carbocycles. The quantitative estimate of drug-likeness (QED) is 0.798. The van der Waals surface area contributed by atoms with Crippen LogP contribution in [0.15, 0.2) is 52.9 Å². The van der Waals surface area contributed by atoms with Crippen LogP contribution in [0.1, 0.15) is 24.3 Å². The smallest absolute Gasteiger partial charge is 0.235 e. The molecule has 0 aliphatic heterocycles. The molecule has 1 N–H and O–H groups in total. The van der Waals surface area contributed by atoms with E-state index in [1.165, 1.54) is 0 Å². The van der Waals surface area contributed by atoms with Crippen LogP contribution >= 0.6 is 0 Å². The monoisotopic (exact) mass is 292 g/mol. The molecule has 2 aromatic carbocycles. The maximum Gasteiger partial charge on any atom is 0.235 e. The summed E-state index contributed by atoms with van der Waals surface area (Å²) in [4.78, 5) is 17.0. The largest absolute Gasteiger partial charge is 0.441 e. The van der Waals surface area contributed by atoms with Crippen molar-refractivity contribution in [3.05, 3.63) is 60.0 Å². The van der Waals surface area contributed by atoms with Crippen LogP contribution in [0.4, 0.5) is 5.69 Å². The number of carbonyl (C=O) groups excluding carboxylic acids is 1. The van der Waals surface area contributed by atoms with Gasteiger partial charge in [-0.15, -0.1) is 0 Å². The number of aromatic nitrogens is 1. The topological polar surface area (TPSA) is 55.1 Å². The molecular weight excluding hydrogens is 276 g/mol. The van der Waals surface area contributed by atoms with Gasteiger partial charge in [-0.3, -0.25) is 4.79 Å². The first-order valence-electron chi connectivity index (χ1n) is 7.42. The second-order valence-electron chi connectivity index (χ2n) is 5.82. The van der Waals surface area contributed by atoms with Crippen molar-refractivity contribution in [3.8, 4) is 0 Å². The molecule has 0 spiro atoms. The highest BCUT2D eigenvalue weighted by atomic mass is 16.3. The highest BCUT2D eigenvalue weighted by Crippen LogP contribution is 2.48. The van der Waals surface area contributed by atoms with Crippen LogP contribution in [0.2, 0.25) is 0 Å². The van der Waals surface area contributed by atoms with Gasteiger partial charge in [0.25, 0.3) is 0 Å². The lowest BCUT2D eigenvalue weighted by molar-refractivity contribution is -0.118. The van der Waals surface area contributed by atoms with Gasteiger partial charge in [-0.25, -0.2) is 4.98 Å². The van der Waals surface area contributed by atoms with Crippen molar-refractivity contribution >= 4 is 22.7 Å². The van der Waals surface area contributed by atoms with Crippen LogP contribution in [0.3, 0.4) is 0 Å². The second-order valence-corrected chi connectivity index (χ2v) is 5.82. The molecule has 0 atom stereocenters. The van der Waals surface area contributed by atoms with E-state index in [1.807, 2.05) is 55.5 Å². The number of rotatable bonds is 3. The Morgan fingerprint density at radius 3 is 2.68 bits per heavy atom. The van der Waals surface area contributed by atoms with Crippen LogP contribution in [0.25, 0.3) is 11.1 Å². The first-order valence-corrected chi connectivity index (χ1v) is 7.42. The number of hydrogen-bond acceptors (Lipinski definition) is 3. The Balaban J connectivity index is 1.61. The molecule has 4 nitrogen and oxygen atoms in total. The van der Waals surface area contributed by atoms with E-state index in [1.54, 1.807) is 0 Å². The van der Waals surface area contributed by atoms with Crippen molar-refractivity contribution in [1.82, 2.24) is 4.98 Å². The standard InChI is InChI=1S/C18H16N2O2/c1-12-19-15-11-14(7-8-16(15)22-12)20-17(21)18(9-10-18)13-5-3-2-4-6-13/h2-8,11H,9-10H2,1H3,(H,20,21). The lowest BCUT2D eigenvalue weighted by Crippen LogP contribution is -2.27. The van der Waals surface area contributed by atoms with Gasteiger partial charge in [0.05, 0.1) is 5.41 Å². The first kappa shape index (κ1) is 13.1. The lowest BCUT2D eigenvalue weighted by Gasteiger charge is -2.15. The molecule has 4 heteroatoms. The summed E-state index contributed by atoms with van der Waals surface area (Å²) in [6.45, 7) is 1.81. The van der Waals surface area contributed by atoms with Gasteiger partial charge in [-0.1, -0.05) is 30.3 Å². The Kier molecular flexibility index (Phi) is 2.79. The summed E-state index contributed by atoms with van der Waals surface area (Å²) in [7, 11) is 0. The fourth-order valence-electron chi connectivity index (χ4n) is 2.90. The van der Waals surface area contributed by atoms with Gasteiger partial charge >= 0.3 is 0 Å². The molecule has 1 heterocycles. The summed E-state index contributed by atoms with van der Waals surface area (Å²) in [6, 6.07) is 15.5. The summed E-state index contributed by atoms with van der Waals surface area (Å²) in [5.74, 6) is 0.680. The molecule has 1 aliphatic rings. The third-order valence-electron chi connectivity index (χ3n) is 4.26. The molecule has 0 radical (unpaired) electrons. The number of benzene rings is 2. The Hall–Kier alpha value is -2.62. The van der Waals surface area contributed by atoms with Gasteiger partial charge in [0, 0.05) is 12.6 Å². The number of aryl methyl sites for hydroxylation is 1. The first-order chi connectivity index (χ1) is 10.7. The van der Waals surface area contributed by atoms with E-state index >= 15 is 0 Å². The fraction of sp³-hybridized carbons (Fsp3) is 0.222. The molecule has 1 aromatic heterocycles. The predicted octanol–water partition coefficient (Wildman–Crippen LogP) is 3.81. The van der Waals surface area contributed by atoms with Gasteiger partial charge in [0.1, 0.15) is 5.52 Å². The molecule has 1 amide bonds. The summed E-state index contributed by atoms with van der Waals surface area (Å²) in [6.07, 6.45) is 1.79. The van der Waals surface area contributed by atoms with Gasteiger partial charge in [0.2, 0.25) is 5.91 Å². The van der Waals surface area contributed by atoms with E-state index in [2.05, 4.69) is 10.3 Å². The maximum absolute atomic E-state index is 12.7. The molecule has 110 valence electrons. The third-order valence-corrected chi connectivity index (χ3v) is 4.26. The lowest BCUT2D eigenvalue weighted by atomic mass is 9.95. The van der Waals surface area contributed by atoms with Crippen molar-refractivity contribution in [2.75, 3.05) is 5.32 Å². The van der Waals surface area contributed by atoms with E-state index in [9.17, 15) is 4.79 Å². The number of carbonyl (C=O) groups is 1. The van der Waals surface area contributed by atoms with E-state index in [4.69, 9.17) is 4.42 Å². The normalized spacial score (nSPS) is 15.7. The Bertz CT molecular complexity index is 848. The van der Waals surface area contributed by atoms with Gasteiger partial charge < -0.3 is 9.73 Å². The molecule has 0 saturated heterocycles. The number of hydrogen-bond donors (Lipinski definition) is 1. The summed E-state index contributed by atoms with van der Waals surface area (Å²) >= 11 is 0. The number of nitrogens with zero attached hydrogens (tertiary/aromatic N) is 1. The van der Waals surface area contributed by atoms with Crippen LogP contribution in [-0.2, 0) is 10.2 Å². The maximum atomic E-state index is 12.7. The molecular formula is C18H16N2O2. The second kappa shape index (κ2) is 4.70. The molecule has 0 unspecified atom stereocenters. The molecule has 0 bridgehead atoms. The minimum absolute atomic E-state index is 0.0540. The minimum atomic E-state index is -0.365. The van der Waals surface area contributed by atoms with Gasteiger partial charge in [0.15, 0.2) is 11.5 Å². The average molecular weight is 292 g/mol. The highest BCUT2D eigenvalue weighted by molar-refractivity contribution is 6.02. The average Bonchev–Trinajstić information content (AvgIpc) is 3.25. The van der Waals surface area contributed by atoms with Crippen molar-refractivity contribution in [2.45, 2.75) is 25.2 Å². The van der Waals surface area contributed by atoms with Crippen LogP contribution in [0.5, 0.6) is 0 Å².